The number of nitrogens with two attached hydrogens (primary N) is 1. The zero-order valence-electron chi connectivity index (χ0n) is 7.20. The van der Waals surface area contributed by atoms with Crippen LogP contribution < -0.4 is 5.73 Å². The Morgan fingerprint density at radius 1 is 1.62 bits per heavy atom. The maximum Gasteiger partial charge on any atom is 0.131 e. The fourth-order valence-electron chi connectivity index (χ4n) is 1.07. The molecule has 1 aromatic rings. The minimum absolute atomic E-state index is 0.0619. The van der Waals surface area contributed by atoms with Gasteiger partial charge in [-0.05, 0) is 18.6 Å². The number of amidine groups is 1. The van der Waals surface area contributed by atoms with Gasteiger partial charge in [0.1, 0.15) is 5.82 Å². The summed E-state index contributed by atoms with van der Waals surface area (Å²) in [5.74, 6) is -0.464. The van der Waals surface area contributed by atoms with E-state index in [-0.39, 0.29) is 18.1 Å². The first-order valence-corrected chi connectivity index (χ1v) is 4.16. The van der Waals surface area contributed by atoms with E-state index in [1.807, 2.05) is 0 Å². The monoisotopic (exact) mass is 200 g/mol. The molecule has 1 aromatic carbocycles. The molecule has 70 valence electrons. The molecule has 1 rings (SSSR count). The maximum atomic E-state index is 13.4. The molecule has 0 aliphatic heterocycles. The van der Waals surface area contributed by atoms with E-state index < -0.39 is 0 Å². The lowest BCUT2D eigenvalue weighted by Gasteiger charge is -2.06. The molecular weight excluding hydrogens is 191 g/mol. The summed E-state index contributed by atoms with van der Waals surface area (Å²) in [4.78, 5) is 0. The average molecular weight is 201 g/mol. The Balaban J connectivity index is 3.17. The minimum Gasteiger partial charge on any atom is -0.387 e. The van der Waals surface area contributed by atoms with Gasteiger partial charge in [-0.2, -0.15) is 0 Å². The van der Waals surface area contributed by atoms with Crippen LogP contribution in [0.25, 0.3) is 0 Å². The van der Waals surface area contributed by atoms with E-state index in [4.69, 9.17) is 22.7 Å². The molecule has 0 atom stereocenters. The lowest BCUT2D eigenvalue weighted by Crippen LogP contribution is -2.14. The molecular formula is C9H10ClFN2. The van der Waals surface area contributed by atoms with Crippen molar-refractivity contribution < 1.29 is 4.39 Å². The van der Waals surface area contributed by atoms with E-state index in [1.165, 1.54) is 0 Å². The molecule has 13 heavy (non-hydrogen) atoms. The molecule has 0 aliphatic carbocycles. The normalized spacial score (nSPS) is 10.1. The van der Waals surface area contributed by atoms with Gasteiger partial charge < -0.3 is 5.73 Å². The summed E-state index contributed by atoms with van der Waals surface area (Å²) in [6.07, 6.45) is 0.0619. The minimum atomic E-state index is -0.372. The Morgan fingerprint density at radius 2 is 2.23 bits per heavy atom. The number of nitrogens with one attached hydrogen (secondary N) is 1. The topological polar surface area (TPSA) is 49.9 Å². The van der Waals surface area contributed by atoms with Crippen LogP contribution in [0.5, 0.6) is 0 Å². The second-order valence-corrected chi connectivity index (χ2v) is 3.27. The molecule has 0 amide bonds. The molecule has 3 N–H and O–H groups in total. The summed E-state index contributed by atoms with van der Waals surface area (Å²) in [6, 6.07) is 3.21. The summed E-state index contributed by atoms with van der Waals surface area (Å²) in [7, 11) is 0. The van der Waals surface area contributed by atoms with Crippen molar-refractivity contribution in [2.45, 2.75) is 13.3 Å². The third-order valence-electron chi connectivity index (χ3n) is 1.75. The second kappa shape index (κ2) is 3.75. The second-order valence-electron chi connectivity index (χ2n) is 2.86. The van der Waals surface area contributed by atoms with Crippen LogP contribution in [0, 0.1) is 18.2 Å². The first-order valence-electron chi connectivity index (χ1n) is 3.78. The SMILES string of the molecule is Cc1ccc(Cl)c(CC(=N)N)c1F. The Hall–Kier alpha value is -1.09. The molecule has 0 unspecified atom stereocenters. The first kappa shape index (κ1) is 9.99. The van der Waals surface area contributed by atoms with Crippen molar-refractivity contribution in [3.8, 4) is 0 Å². The predicted molar refractivity (Wildman–Crippen MR) is 51.8 cm³/mol. The van der Waals surface area contributed by atoms with Gasteiger partial charge >= 0.3 is 0 Å². The van der Waals surface area contributed by atoms with Gasteiger partial charge in [0.25, 0.3) is 0 Å². The van der Waals surface area contributed by atoms with Crippen molar-refractivity contribution in [1.82, 2.24) is 0 Å². The van der Waals surface area contributed by atoms with Gasteiger partial charge in [0.2, 0.25) is 0 Å². The smallest absolute Gasteiger partial charge is 0.131 e. The van der Waals surface area contributed by atoms with Gasteiger partial charge in [-0.3, -0.25) is 5.41 Å². The van der Waals surface area contributed by atoms with Crippen molar-refractivity contribution in [2.24, 2.45) is 5.73 Å². The molecule has 0 heterocycles. The number of aryl methyl sites for hydroxylation is 1. The van der Waals surface area contributed by atoms with Gasteiger partial charge in [-0.1, -0.05) is 17.7 Å². The summed E-state index contributed by atoms with van der Waals surface area (Å²) in [5, 5.41) is 7.37. The van der Waals surface area contributed by atoms with Crippen molar-refractivity contribution in [2.75, 3.05) is 0 Å². The van der Waals surface area contributed by atoms with Crippen LogP contribution in [0.1, 0.15) is 11.1 Å². The molecule has 0 aromatic heterocycles. The predicted octanol–water partition coefficient (Wildman–Crippen LogP) is 2.27. The lowest BCUT2D eigenvalue weighted by molar-refractivity contribution is 0.606. The molecule has 0 saturated heterocycles. The Bertz CT molecular complexity index is 350. The molecule has 0 fully saturated rings. The largest absolute Gasteiger partial charge is 0.387 e. The van der Waals surface area contributed by atoms with Gasteiger partial charge in [-0.15, -0.1) is 0 Å². The highest BCUT2D eigenvalue weighted by atomic mass is 35.5. The average Bonchev–Trinajstić information content (AvgIpc) is 2.05. The van der Waals surface area contributed by atoms with Crippen LogP contribution in [0.15, 0.2) is 12.1 Å². The maximum absolute atomic E-state index is 13.4. The van der Waals surface area contributed by atoms with Crippen LogP contribution in [0.3, 0.4) is 0 Å². The number of hydrogen-bond donors (Lipinski definition) is 2. The van der Waals surface area contributed by atoms with E-state index in [0.717, 1.165) is 0 Å². The van der Waals surface area contributed by atoms with Crippen molar-refractivity contribution in [1.29, 1.82) is 5.41 Å². The fourth-order valence-corrected chi connectivity index (χ4v) is 1.28. The van der Waals surface area contributed by atoms with Crippen LogP contribution >= 0.6 is 11.6 Å². The number of hydrogen-bond acceptors (Lipinski definition) is 1. The highest BCUT2D eigenvalue weighted by Crippen LogP contribution is 2.22. The van der Waals surface area contributed by atoms with E-state index in [2.05, 4.69) is 0 Å². The summed E-state index contributed by atoms with van der Waals surface area (Å²) < 4.78 is 13.4. The standard InChI is InChI=1S/C9H10ClFN2/c1-5-2-3-7(10)6(9(5)11)4-8(12)13/h2-3H,4H2,1H3,(H3,12,13). The van der Waals surface area contributed by atoms with Crippen LogP contribution in [0.2, 0.25) is 5.02 Å². The van der Waals surface area contributed by atoms with E-state index >= 15 is 0 Å². The van der Waals surface area contributed by atoms with Crippen LogP contribution in [-0.2, 0) is 6.42 Å². The quantitative estimate of drug-likeness (QED) is 0.559. The Morgan fingerprint density at radius 3 is 2.77 bits per heavy atom. The van der Waals surface area contributed by atoms with E-state index in [0.29, 0.717) is 16.1 Å². The fraction of sp³-hybridized carbons (Fsp3) is 0.222. The zero-order valence-corrected chi connectivity index (χ0v) is 7.95. The third kappa shape index (κ3) is 2.18. The molecule has 0 bridgehead atoms. The summed E-state index contributed by atoms with van der Waals surface area (Å²) in [5.41, 5.74) is 5.98. The van der Waals surface area contributed by atoms with Gasteiger partial charge in [0, 0.05) is 17.0 Å². The Labute approximate surface area is 81.0 Å². The van der Waals surface area contributed by atoms with Crippen molar-refractivity contribution in [3.63, 3.8) is 0 Å². The molecule has 0 radical (unpaired) electrons. The van der Waals surface area contributed by atoms with Crippen LogP contribution in [-0.4, -0.2) is 5.84 Å². The number of benzene rings is 1. The molecule has 4 heteroatoms. The van der Waals surface area contributed by atoms with E-state index in [9.17, 15) is 4.39 Å². The summed E-state index contributed by atoms with van der Waals surface area (Å²) in [6.45, 7) is 1.65. The number of halogens is 2. The third-order valence-corrected chi connectivity index (χ3v) is 2.10. The van der Waals surface area contributed by atoms with Gasteiger partial charge in [-0.25, -0.2) is 4.39 Å². The van der Waals surface area contributed by atoms with E-state index in [1.54, 1.807) is 19.1 Å². The Kier molecular flexibility index (Phi) is 2.88. The molecule has 2 nitrogen and oxygen atoms in total. The lowest BCUT2D eigenvalue weighted by atomic mass is 10.1. The molecule has 0 aliphatic rings. The molecule has 0 spiro atoms. The summed E-state index contributed by atoms with van der Waals surface area (Å²) >= 11 is 5.75. The zero-order chi connectivity index (χ0) is 10.0. The van der Waals surface area contributed by atoms with Gasteiger partial charge in [0.05, 0.1) is 5.84 Å². The molecule has 0 saturated carbocycles. The van der Waals surface area contributed by atoms with Gasteiger partial charge in [0.15, 0.2) is 0 Å². The van der Waals surface area contributed by atoms with Crippen molar-refractivity contribution >= 4 is 17.4 Å². The van der Waals surface area contributed by atoms with Crippen LogP contribution in [0.4, 0.5) is 4.39 Å². The highest BCUT2D eigenvalue weighted by molar-refractivity contribution is 6.31. The first-order chi connectivity index (χ1) is 6.02. The van der Waals surface area contributed by atoms with Crippen molar-refractivity contribution in [3.05, 3.63) is 34.1 Å². The highest BCUT2D eigenvalue weighted by Gasteiger charge is 2.10. The number of rotatable bonds is 2.